The lowest BCUT2D eigenvalue weighted by atomic mass is 9.88. The fourth-order valence-electron chi connectivity index (χ4n) is 4.67. The van der Waals surface area contributed by atoms with Gasteiger partial charge in [-0.2, -0.15) is 0 Å². The van der Waals surface area contributed by atoms with E-state index in [0.29, 0.717) is 11.5 Å². The van der Waals surface area contributed by atoms with Crippen LogP contribution >= 0.6 is 0 Å². The maximum atomic E-state index is 13.0. The van der Waals surface area contributed by atoms with Gasteiger partial charge in [-0.1, -0.05) is 19.9 Å². The van der Waals surface area contributed by atoms with Crippen molar-refractivity contribution in [3.8, 4) is 11.3 Å². The fourth-order valence-corrected chi connectivity index (χ4v) is 4.67. The summed E-state index contributed by atoms with van der Waals surface area (Å²) in [5, 5.41) is 4.60. The van der Waals surface area contributed by atoms with E-state index in [1.165, 1.54) is 16.5 Å². The second-order valence-corrected chi connectivity index (χ2v) is 8.66. The Balaban J connectivity index is 1.86. The number of H-pyrrole nitrogens is 1. The molecule has 30 heavy (non-hydrogen) atoms. The Morgan fingerprint density at radius 3 is 2.57 bits per heavy atom. The maximum Gasteiger partial charge on any atom is 0.256 e. The highest BCUT2D eigenvalue weighted by Crippen LogP contribution is 2.37. The molecule has 0 unspecified atom stereocenters. The first-order valence-corrected chi connectivity index (χ1v) is 10.7. The predicted octanol–water partition coefficient (Wildman–Crippen LogP) is 5.16. The third-order valence-corrected chi connectivity index (χ3v) is 6.14. The number of aromatic amines is 1. The minimum atomic E-state index is -2.57. The molecule has 0 bridgehead atoms. The van der Waals surface area contributed by atoms with Gasteiger partial charge in [0, 0.05) is 28.2 Å². The van der Waals surface area contributed by atoms with Gasteiger partial charge in [-0.05, 0) is 74.0 Å². The lowest BCUT2D eigenvalue weighted by Crippen LogP contribution is -2.26. The van der Waals surface area contributed by atoms with Crippen molar-refractivity contribution in [1.82, 2.24) is 14.9 Å². The number of piperidine rings is 1. The van der Waals surface area contributed by atoms with Crippen LogP contribution in [-0.4, -0.2) is 29.1 Å². The summed E-state index contributed by atoms with van der Waals surface area (Å²) < 4.78 is 27.1. The summed E-state index contributed by atoms with van der Waals surface area (Å²) in [4.78, 5) is 15.8. The molecule has 4 nitrogen and oxygen atoms in total. The molecule has 160 valence electrons. The van der Waals surface area contributed by atoms with Crippen molar-refractivity contribution in [2.24, 2.45) is 0 Å². The van der Waals surface area contributed by atoms with Gasteiger partial charge in [0.05, 0.1) is 12.2 Å². The molecule has 1 aliphatic rings. The van der Waals surface area contributed by atoms with Gasteiger partial charge in [0.25, 0.3) is 12.0 Å². The van der Waals surface area contributed by atoms with Crippen LogP contribution in [0.2, 0.25) is 0 Å². The number of hydrogen-bond acceptors (Lipinski definition) is 2. The molecule has 0 spiro atoms. The molecule has 2 N–H and O–H groups in total. The standard InChI is InChI=1S/C24H29F2N3O/c1-14(2)22-19-11-17(16-6-8-27-9-7-16)4-5-20(19)28-23(22)18-10-15(3)24(30)29(12-18)13-21(25)26/h4-5,10-12,14,16,21,27-28H,6-9,13H2,1-3H3. The quantitative estimate of drug-likeness (QED) is 0.607. The van der Waals surface area contributed by atoms with Crippen molar-refractivity contribution >= 4 is 10.9 Å². The van der Waals surface area contributed by atoms with E-state index in [4.69, 9.17) is 0 Å². The number of rotatable bonds is 5. The first-order chi connectivity index (χ1) is 14.3. The zero-order valence-corrected chi connectivity index (χ0v) is 17.8. The number of fused-ring (bicyclic) bond motifs is 1. The highest BCUT2D eigenvalue weighted by molar-refractivity contribution is 5.92. The summed E-state index contributed by atoms with van der Waals surface area (Å²) in [6.45, 7) is 7.47. The van der Waals surface area contributed by atoms with Crippen LogP contribution in [-0.2, 0) is 6.54 Å². The van der Waals surface area contributed by atoms with Crippen molar-refractivity contribution in [3.63, 3.8) is 0 Å². The van der Waals surface area contributed by atoms with Crippen LogP contribution in [0.4, 0.5) is 8.78 Å². The Hall–Kier alpha value is -2.47. The van der Waals surface area contributed by atoms with Gasteiger partial charge in [0.2, 0.25) is 0 Å². The first-order valence-electron chi connectivity index (χ1n) is 10.7. The molecule has 0 aliphatic carbocycles. The van der Waals surface area contributed by atoms with E-state index in [2.05, 4.69) is 42.3 Å². The number of hydrogen-bond donors (Lipinski definition) is 2. The number of benzene rings is 1. The molecule has 3 heterocycles. The molecule has 0 atom stereocenters. The zero-order valence-electron chi connectivity index (χ0n) is 17.8. The Kier molecular flexibility index (Phi) is 5.78. The van der Waals surface area contributed by atoms with E-state index in [1.54, 1.807) is 19.2 Å². The molecule has 0 radical (unpaired) electrons. The summed E-state index contributed by atoms with van der Waals surface area (Å²) in [5.41, 5.74) is 5.35. The van der Waals surface area contributed by atoms with Crippen molar-refractivity contribution in [3.05, 3.63) is 57.5 Å². The number of aryl methyl sites for hydroxylation is 1. The van der Waals surface area contributed by atoms with Gasteiger partial charge in [-0.15, -0.1) is 0 Å². The molecular formula is C24H29F2N3O. The molecule has 0 amide bonds. The summed E-state index contributed by atoms with van der Waals surface area (Å²) in [6, 6.07) is 8.42. The van der Waals surface area contributed by atoms with E-state index >= 15 is 0 Å². The lowest BCUT2D eigenvalue weighted by molar-refractivity contribution is 0.125. The molecule has 1 saturated heterocycles. The minimum absolute atomic E-state index is 0.243. The van der Waals surface area contributed by atoms with Crippen molar-refractivity contribution in [2.45, 2.75) is 58.4 Å². The molecule has 0 saturated carbocycles. The summed E-state index contributed by atoms with van der Waals surface area (Å²) in [7, 11) is 0. The first kappa shape index (κ1) is 20.8. The Labute approximate surface area is 175 Å². The number of aromatic nitrogens is 2. The maximum absolute atomic E-state index is 13.0. The van der Waals surface area contributed by atoms with Crippen molar-refractivity contribution in [2.75, 3.05) is 13.1 Å². The molecular weight excluding hydrogens is 384 g/mol. The van der Waals surface area contributed by atoms with Crippen LogP contribution in [0.5, 0.6) is 0 Å². The number of nitrogens with one attached hydrogen (secondary N) is 2. The summed E-state index contributed by atoms with van der Waals surface area (Å²) in [6.07, 6.45) is 1.26. The molecule has 3 aromatic rings. The van der Waals surface area contributed by atoms with Crippen LogP contribution in [0.15, 0.2) is 35.3 Å². The van der Waals surface area contributed by atoms with Gasteiger partial charge in [-0.3, -0.25) is 4.79 Å². The molecule has 1 aromatic carbocycles. The Morgan fingerprint density at radius 1 is 1.17 bits per heavy atom. The third kappa shape index (κ3) is 3.93. The van der Waals surface area contributed by atoms with E-state index < -0.39 is 13.0 Å². The summed E-state index contributed by atoms with van der Waals surface area (Å²) >= 11 is 0. The van der Waals surface area contributed by atoms with Crippen LogP contribution in [0.25, 0.3) is 22.2 Å². The number of alkyl halides is 2. The van der Waals surface area contributed by atoms with Gasteiger partial charge in [0.1, 0.15) is 0 Å². The average Bonchev–Trinajstić information content (AvgIpc) is 3.10. The molecule has 6 heteroatoms. The van der Waals surface area contributed by atoms with Crippen LogP contribution < -0.4 is 10.9 Å². The van der Waals surface area contributed by atoms with Gasteiger partial charge in [-0.25, -0.2) is 8.78 Å². The van der Waals surface area contributed by atoms with Crippen LogP contribution in [0.3, 0.4) is 0 Å². The number of pyridine rings is 1. The fraction of sp³-hybridized carbons (Fsp3) is 0.458. The van der Waals surface area contributed by atoms with E-state index in [-0.39, 0.29) is 11.5 Å². The molecule has 2 aromatic heterocycles. The molecule has 1 aliphatic heterocycles. The Bertz CT molecular complexity index is 1110. The van der Waals surface area contributed by atoms with Crippen LogP contribution in [0.1, 0.15) is 55.2 Å². The minimum Gasteiger partial charge on any atom is -0.354 e. The topological polar surface area (TPSA) is 49.8 Å². The smallest absolute Gasteiger partial charge is 0.256 e. The molecule has 1 fully saturated rings. The highest BCUT2D eigenvalue weighted by Gasteiger charge is 2.21. The second-order valence-electron chi connectivity index (χ2n) is 8.66. The van der Waals surface area contributed by atoms with E-state index in [9.17, 15) is 13.6 Å². The number of nitrogens with zero attached hydrogens (tertiary/aromatic N) is 1. The van der Waals surface area contributed by atoms with Gasteiger partial charge in [0.15, 0.2) is 0 Å². The van der Waals surface area contributed by atoms with E-state index in [1.807, 2.05) is 0 Å². The SMILES string of the molecule is Cc1cc(-c2[nH]c3ccc(C4CCNCC4)cc3c2C(C)C)cn(CC(F)F)c1=O. The molecule has 4 rings (SSSR count). The van der Waals surface area contributed by atoms with Gasteiger partial charge < -0.3 is 14.9 Å². The van der Waals surface area contributed by atoms with E-state index in [0.717, 1.165) is 47.3 Å². The zero-order chi connectivity index (χ0) is 21.4. The summed E-state index contributed by atoms with van der Waals surface area (Å²) in [5.74, 6) is 0.803. The van der Waals surface area contributed by atoms with Gasteiger partial charge >= 0.3 is 0 Å². The monoisotopic (exact) mass is 413 g/mol. The Morgan fingerprint density at radius 2 is 1.90 bits per heavy atom. The third-order valence-electron chi connectivity index (χ3n) is 6.14. The van der Waals surface area contributed by atoms with Crippen molar-refractivity contribution in [1.29, 1.82) is 0 Å². The van der Waals surface area contributed by atoms with Crippen LogP contribution in [0, 0.1) is 6.92 Å². The predicted molar refractivity (Wildman–Crippen MR) is 118 cm³/mol. The van der Waals surface area contributed by atoms with Crippen molar-refractivity contribution < 1.29 is 8.78 Å². The normalized spacial score (nSPS) is 15.6. The largest absolute Gasteiger partial charge is 0.354 e. The second kappa shape index (κ2) is 8.34. The average molecular weight is 414 g/mol. The lowest BCUT2D eigenvalue weighted by Gasteiger charge is -2.23. The highest BCUT2D eigenvalue weighted by atomic mass is 19.3. The number of halogens is 2.